The summed E-state index contributed by atoms with van der Waals surface area (Å²) in [5, 5.41) is 4.25. The molecule has 0 heterocycles. The highest BCUT2D eigenvalue weighted by molar-refractivity contribution is 7.99. The number of carbonyl (C=O) groups is 2. The summed E-state index contributed by atoms with van der Waals surface area (Å²) in [6.07, 6.45) is 4.68. The lowest BCUT2D eigenvalue weighted by atomic mass is 10.1. The highest BCUT2D eigenvalue weighted by atomic mass is 35.5. The van der Waals surface area contributed by atoms with Crippen LogP contribution in [0.1, 0.15) is 50.2 Å². The van der Waals surface area contributed by atoms with Gasteiger partial charge < -0.3 is 10.2 Å². The van der Waals surface area contributed by atoms with E-state index in [0.717, 1.165) is 36.8 Å². The van der Waals surface area contributed by atoms with E-state index < -0.39 is 6.04 Å². The zero-order valence-electron chi connectivity index (χ0n) is 18.7. The molecule has 1 aliphatic carbocycles. The van der Waals surface area contributed by atoms with E-state index >= 15 is 0 Å². The predicted octanol–water partition coefficient (Wildman–Crippen LogP) is 6.23. The minimum absolute atomic E-state index is 0.120. The molecule has 3 rings (SSSR count). The number of rotatable bonds is 10. The Labute approximate surface area is 209 Å². The highest BCUT2D eigenvalue weighted by Gasteiger charge is 2.30. The Morgan fingerprint density at radius 2 is 1.85 bits per heavy atom. The van der Waals surface area contributed by atoms with Crippen LogP contribution in [0.5, 0.6) is 0 Å². The fourth-order valence-electron chi connectivity index (χ4n) is 4.04. The van der Waals surface area contributed by atoms with Gasteiger partial charge in [0.05, 0.1) is 5.75 Å². The van der Waals surface area contributed by atoms with Crippen LogP contribution in [0.3, 0.4) is 0 Å². The fraction of sp³-hybridized carbons (Fsp3) is 0.440. The van der Waals surface area contributed by atoms with Gasteiger partial charge in [-0.3, -0.25) is 9.59 Å². The minimum Gasteiger partial charge on any atom is -0.352 e. The second kappa shape index (κ2) is 12.6. The van der Waals surface area contributed by atoms with Crippen molar-refractivity contribution in [2.24, 2.45) is 0 Å². The average molecular weight is 511 g/mol. The van der Waals surface area contributed by atoms with Gasteiger partial charge in [-0.2, -0.15) is 0 Å². The molecule has 2 amide bonds. The number of nitrogens with zero attached hydrogens (tertiary/aromatic N) is 1. The predicted molar refractivity (Wildman–Crippen MR) is 134 cm³/mol. The van der Waals surface area contributed by atoms with Crippen molar-refractivity contribution in [2.45, 2.75) is 63.4 Å². The first-order valence-corrected chi connectivity index (χ1v) is 13.1. The molecule has 0 bridgehead atoms. The van der Waals surface area contributed by atoms with Crippen molar-refractivity contribution in [1.29, 1.82) is 0 Å². The van der Waals surface area contributed by atoms with Crippen molar-refractivity contribution in [3.05, 3.63) is 69.5 Å². The quantitative estimate of drug-likeness (QED) is 0.411. The number of hydrogen-bond donors (Lipinski definition) is 1. The smallest absolute Gasteiger partial charge is 0.243 e. The Morgan fingerprint density at radius 3 is 2.48 bits per heavy atom. The number of thioether (sulfide) groups is 1. The molecular weight excluding hydrogens is 482 g/mol. The van der Waals surface area contributed by atoms with E-state index in [2.05, 4.69) is 5.32 Å². The second-order valence-corrected chi connectivity index (χ2v) is 10.1. The van der Waals surface area contributed by atoms with E-state index in [1.54, 1.807) is 29.2 Å². The molecule has 33 heavy (non-hydrogen) atoms. The van der Waals surface area contributed by atoms with E-state index in [1.807, 2.05) is 13.0 Å². The van der Waals surface area contributed by atoms with Crippen LogP contribution in [-0.4, -0.2) is 34.6 Å². The summed E-state index contributed by atoms with van der Waals surface area (Å²) in [5.41, 5.74) is 1.68. The zero-order valence-corrected chi connectivity index (χ0v) is 21.0. The van der Waals surface area contributed by atoms with Crippen molar-refractivity contribution >= 4 is 46.8 Å². The van der Waals surface area contributed by atoms with Gasteiger partial charge in [0.2, 0.25) is 11.8 Å². The number of amides is 2. The zero-order chi connectivity index (χ0) is 23.8. The van der Waals surface area contributed by atoms with Gasteiger partial charge in [0.1, 0.15) is 11.9 Å². The van der Waals surface area contributed by atoms with E-state index in [0.29, 0.717) is 22.2 Å². The third-order valence-corrected chi connectivity index (χ3v) is 7.41. The lowest BCUT2D eigenvalue weighted by Gasteiger charge is -2.31. The topological polar surface area (TPSA) is 49.4 Å². The molecule has 0 saturated heterocycles. The molecule has 2 aromatic carbocycles. The maximum atomic E-state index is 13.4. The van der Waals surface area contributed by atoms with Crippen molar-refractivity contribution < 1.29 is 14.0 Å². The normalized spacial score (nSPS) is 14.8. The van der Waals surface area contributed by atoms with Crippen LogP contribution in [-0.2, 0) is 21.9 Å². The molecule has 2 aromatic rings. The van der Waals surface area contributed by atoms with E-state index in [9.17, 15) is 14.0 Å². The van der Waals surface area contributed by atoms with Gasteiger partial charge in [0, 0.05) is 28.4 Å². The summed E-state index contributed by atoms with van der Waals surface area (Å²) in [6.45, 7) is 2.16. The lowest BCUT2D eigenvalue weighted by molar-refractivity contribution is -0.139. The maximum absolute atomic E-state index is 13.4. The van der Waals surface area contributed by atoms with Crippen LogP contribution in [0.25, 0.3) is 0 Å². The first-order valence-electron chi connectivity index (χ1n) is 11.2. The van der Waals surface area contributed by atoms with Crippen LogP contribution >= 0.6 is 35.0 Å². The molecule has 0 radical (unpaired) electrons. The monoisotopic (exact) mass is 510 g/mol. The Hall–Kier alpha value is -1.76. The standard InChI is InChI=1S/C25H29Cl2FN2O2S/c1-2-23(25(32)29-21-5-3-4-6-21)30(14-17-7-11-20(28)12-8-17)24(31)16-33-15-18-9-10-19(26)13-22(18)27/h7-13,21,23H,2-6,14-16H2,1H3,(H,29,32)/t23-/m1/s1. The Bertz CT molecular complexity index is 952. The summed E-state index contributed by atoms with van der Waals surface area (Å²) < 4.78 is 13.4. The Balaban J connectivity index is 1.70. The van der Waals surface area contributed by atoms with Crippen LogP contribution in [0.2, 0.25) is 10.0 Å². The van der Waals surface area contributed by atoms with Gasteiger partial charge in [-0.1, -0.05) is 61.2 Å². The van der Waals surface area contributed by atoms with Gasteiger partial charge in [0.25, 0.3) is 0 Å². The summed E-state index contributed by atoms with van der Waals surface area (Å²) >= 11 is 13.6. The van der Waals surface area contributed by atoms with Crippen LogP contribution < -0.4 is 5.32 Å². The van der Waals surface area contributed by atoms with Crippen LogP contribution in [0, 0.1) is 5.82 Å². The highest BCUT2D eigenvalue weighted by Crippen LogP contribution is 2.25. The number of nitrogens with one attached hydrogen (secondary N) is 1. The molecule has 1 fully saturated rings. The molecule has 1 saturated carbocycles. The fourth-order valence-corrected chi connectivity index (χ4v) is 5.51. The number of halogens is 3. The van der Waals surface area contributed by atoms with Crippen molar-refractivity contribution in [3.63, 3.8) is 0 Å². The van der Waals surface area contributed by atoms with Crippen molar-refractivity contribution in [3.8, 4) is 0 Å². The first-order chi connectivity index (χ1) is 15.9. The Morgan fingerprint density at radius 1 is 1.15 bits per heavy atom. The third kappa shape index (κ3) is 7.62. The molecule has 0 unspecified atom stereocenters. The van der Waals surface area contributed by atoms with Gasteiger partial charge in [-0.05, 0) is 54.7 Å². The summed E-state index contributed by atoms with van der Waals surface area (Å²) in [6, 6.07) is 10.9. The summed E-state index contributed by atoms with van der Waals surface area (Å²) in [7, 11) is 0. The maximum Gasteiger partial charge on any atom is 0.243 e. The van der Waals surface area contributed by atoms with Gasteiger partial charge in [-0.15, -0.1) is 11.8 Å². The average Bonchev–Trinajstić information content (AvgIpc) is 3.29. The molecule has 178 valence electrons. The molecule has 4 nitrogen and oxygen atoms in total. The van der Waals surface area contributed by atoms with E-state index in [1.165, 1.54) is 23.9 Å². The lowest BCUT2D eigenvalue weighted by Crippen LogP contribution is -2.51. The molecule has 1 N–H and O–H groups in total. The number of hydrogen-bond acceptors (Lipinski definition) is 3. The van der Waals surface area contributed by atoms with Crippen LogP contribution in [0.4, 0.5) is 4.39 Å². The van der Waals surface area contributed by atoms with Gasteiger partial charge in [0.15, 0.2) is 0 Å². The second-order valence-electron chi connectivity index (χ2n) is 8.29. The molecule has 8 heteroatoms. The van der Waals surface area contributed by atoms with Crippen molar-refractivity contribution in [1.82, 2.24) is 10.2 Å². The van der Waals surface area contributed by atoms with Crippen LogP contribution in [0.15, 0.2) is 42.5 Å². The van der Waals surface area contributed by atoms with E-state index in [-0.39, 0.29) is 36.0 Å². The molecule has 0 aliphatic heterocycles. The first kappa shape index (κ1) is 25.9. The number of carbonyl (C=O) groups excluding carboxylic acids is 2. The SMILES string of the molecule is CC[C@H](C(=O)NC1CCCC1)N(Cc1ccc(F)cc1)C(=O)CSCc1ccc(Cl)cc1Cl. The molecule has 1 atom stereocenters. The molecule has 0 aromatic heterocycles. The van der Waals surface area contributed by atoms with E-state index in [4.69, 9.17) is 23.2 Å². The van der Waals surface area contributed by atoms with Crippen molar-refractivity contribution in [2.75, 3.05) is 5.75 Å². The van der Waals surface area contributed by atoms with Gasteiger partial charge in [-0.25, -0.2) is 4.39 Å². The summed E-state index contributed by atoms with van der Waals surface area (Å²) in [4.78, 5) is 28.0. The third-order valence-electron chi connectivity index (χ3n) is 5.85. The summed E-state index contributed by atoms with van der Waals surface area (Å²) in [5.74, 6) is 0.163. The number of benzene rings is 2. The molecular formula is C25H29Cl2FN2O2S. The Kier molecular flexibility index (Phi) is 9.90. The minimum atomic E-state index is -0.581. The van der Waals surface area contributed by atoms with Gasteiger partial charge >= 0.3 is 0 Å². The largest absolute Gasteiger partial charge is 0.352 e. The molecule has 0 spiro atoms. The molecule has 1 aliphatic rings.